The van der Waals surface area contributed by atoms with Gasteiger partial charge >= 0.3 is 0 Å². The normalized spacial score (nSPS) is 11.7. The predicted octanol–water partition coefficient (Wildman–Crippen LogP) is 3.03. The Kier molecular flexibility index (Phi) is 10.9. The van der Waals surface area contributed by atoms with Gasteiger partial charge in [-0.2, -0.15) is 0 Å². The van der Waals surface area contributed by atoms with Crippen LogP contribution in [0.4, 0.5) is 0 Å². The maximum absolute atomic E-state index is 12.2. The molecule has 2 rings (SSSR count). The summed E-state index contributed by atoms with van der Waals surface area (Å²) < 4.78 is 33.0. The maximum Gasteiger partial charge on any atom is 0.250 e. The molecule has 0 amide bonds. The fourth-order valence-electron chi connectivity index (χ4n) is 2.49. The van der Waals surface area contributed by atoms with E-state index in [1.165, 1.54) is 11.3 Å². The molecule has 0 aliphatic carbocycles. The number of thiophene rings is 1. The number of aryl methyl sites for hydroxylation is 2. The van der Waals surface area contributed by atoms with Crippen LogP contribution in [-0.4, -0.2) is 41.1 Å². The van der Waals surface area contributed by atoms with Gasteiger partial charge in [0.15, 0.2) is 5.96 Å². The Labute approximate surface area is 194 Å². The number of guanidine groups is 1. The van der Waals surface area contributed by atoms with E-state index in [1.54, 1.807) is 19.2 Å². The van der Waals surface area contributed by atoms with E-state index in [4.69, 9.17) is 4.74 Å². The van der Waals surface area contributed by atoms with Gasteiger partial charge in [0.2, 0.25) is 10.0 Å². The van der Waals surface area contributed by atoms with Crippen LogP contribution in [-0.2, 0) is 16.6 Å². The van der Waals surface area contributed by atoms with Gasteiger partial charge in [-0.3, -0.25) is 4.99 Å². The van der Waals surface area contributed by atoms with Crippen molar-refractivity contribution in [2.24, 2.45) is 4.99 Å². The predicted molar refractivity (Wildman–Crippen MR) is 130 cm³/mol. The highest BCUT2D eigenvalue weighted by atomic mass is 127. The van der Waals surface area contributed by atoms with E-state index in [0.717, 1.165) is 21.8 Å². The Bertz CT molecular complexity index is 914. The van der Waals surface area contributed by atoms with Gasteiger partial charge in [-0.05, 0) is 44.5 Å². The zero-order valence-electron chi connectivity index (χ0n) is 17.1. The van der Waals surface area contributed by atoms with Crippen molar-refractivity contribution in [2.45, 2.75) is 31.5 Å². The van der Waals surface area contributed by atoms with Crippen LogP contribution >= 0.6 is 35.3 Å². The van der Waals surface area contributed by atoms with Crippen LogP contribution in [0.2, 0.25) is 0 Å². The summed E-state index contributed by atoms with van der Waals surface area (Å²) in [5, 5.41) is 6.33. The molecule has 0 radical (unpaired) electrons. The van der Waals surface area contributed by atoms with Gasteiger partial charge in [-0.25, -0.2) is 13.1 Å². The molecule has 1 heterocycles. The number of ether oxygens (including phenoxy) is 1. The second-order valence-corrected chi connectivity index (χ2v) is 9.44. The lowest BCUT2D eigenvalue weighted by atomic mass is 10.1. The van der Waals surface area contributed by atoms with Crippen molar-refractivity contribution >= 4 is 51.3 Å². The lowest BCUT2D eigenvalue weighted by Crippen LogP contribution is -2.41. The van der Waals surface area contributed by atoms with Gasteiger partial charge in [0, 0.05) is 37.1 Å². The van der Waals surface area contributed by atoms with Crippen LogP contribution in [0.5, 0.6) is 5.75 Å². The fourth-order valence-corrected chi connectivity index (χ4v) is 4.85. The molecule has 0 saturated heterocycles. The van der Waals surface area contributed by atoms with Crippen LogP contribution < -0.4 is 20.1 Å². The number of sulfonamides is 1. The summed E-state index contributed by atoms with van der Waals surface area (Å²) in [6, 6.07) is 9.49. The third-order valence-corrected chi connectivity index (χ3v) is 6.84. The third kappa shape index (κ3) is 8.11. The van der Waals surface area contributed by atoms with Crippen molar-refractivity contribution in [3.05, 3.63) is 46.3 Å². The van der Waals surface area contributed by atoms with Crippen molar-refractivity contribution in [1.82, 2.24) is 15.4 Å². The number of aliphatic imine (C=N–C) groups is 1. The first-order chi connectivity index (χ1) is 13.4. The van der Waals surface area contributed by atoms with Crippen molar-refractivity contribution in [3.8, 4) is 5.75 Å². The average Bonchev–Trinajstić information content (AvgIpc) is 3.10. The lowest BCUT2D eigenvalue weighted by Gasteiger charge is -2.15. The van der Waals surface area contributed by atoms with Gasteiger partial charge < -0.3 is 15.4 Å². The molecule has 1 aromatic carbocycles. The first kappa shape index (κ1) is 25.7. The highest BCUT2D eigenvalue weighted by molar-refractivity contribution is 14.0. The van der Waals surface area contributed by atoms with Crippen LogP contribution in [0.15, 0.2) is 39.5 Å². The number of hydrogen-bond acceptors (Lipinski definition) is 5. The summed E-state index contributed by atoms with van der Waals surface area (Å²) in [5.74, 6) is 1.44. The minimum atomic E-state index is -3.46. The molecule has 3 N–H and O–H groups in total. The van der Waals surface area contributed by atoms with Crippen molar-refractivity contribution < 1.29 is 13.2 Å². The number of benzene rings is 1. The molecule has 0 fully saturated rings. The molecule has 29 heavy (non-hydrogen) atoms. The Morgan fingerprint density at radius 3 is 2.52 bits per heavy atom. The van der Waals surface area contributed by atoms with E-state index < -0.39 is 10.0 Å². The summed E-state index contributed by atoms with van der Waals surface area (Å²) >= 11 is 1.26. The second-order valence-electron chi connectivity index (χ2n) is 6.16. The van der Waals surface area contributed by atoms with Crippen molar-refractivity contribution in [1.29, 1.82) is 0 Å². The molecule has 0 aliphatic rings. The van der Waals surface area contributed by atoms with Gasteiger partial charge in [0.1, 0.15) is 9.96 Å². The molecule has 0 atom stereocenters. The number of rotatable bonds is 9. The fraction of sp³-hybridized carbons (Fsp3) is 0.421. The number of halogens is 1. The minimum Gasteiger partial charge on any atom is -0.494 e. The molecular weight excluding hydrogens is 523 g/mol. The van der Waals surface area contributed by atoms with Gasteiger partial charge in [0.05, 0.1) is 6.61 Å². The number of nitrogens with zero attached hydrogens (tertiary/aromatic N) is 1. The van der Waals surface area contributed by atoms with Crippen molar-refractivity contribution in [3.63, 3.8) is 0 Å². The van der Waals surface area contributed by atoms with E-state index in [0.29, 0.717) is 29.9 Å². The summed E-state index contributed by atoms with van der Waals surface area (Å²) in [6.45, 7) is 7.69. The lowest BCUT2D eigenvalue weighted by molar-refractivity contribution is 0.336. The Morgan fingerprint density at radius 2 is 1.90 bits per heavy atom. The molecule has 0 spiro atoms. The smallest absolute Gasteiger partial charge is 0.250 e. The standard InChI is InChI=1S/C19H28N4O3S2.HI/c1-5-26-17-12-14(2)6-8-16(17)13-22-19(20-4)21-10-11-23-28(24,25)18-9-7-15(3)27-18;/h6-9,12,23H,5,10-11,13H2,1-4H3,(H2,20,21,22);1H. The largest absolute Gasteiger partial charge is 0.494 e. The highest BCUT2D eigenvalue weighted by Crippen LogP contribution is 2.21. The van der Waals surface area contributed by atoms with Crippen LogP contribution in [0.25, 0.3) is 0 Å². The van der Waals surface area contributed by atoms with Gasteiger partial charge in [-0.1, -0.05) is 12.1 Å². The maximum atomic E-state index is 12.2. The average molecular weight is 553 g/mol. The monoisotopic (exact) mass is 552 g/mol. The van der Waals surface area contributed by atoms with Gasteiger partial charge in [0.25, 0.3) is 0 Å². The molecule has 7 nitrogen and oxygen atoms in total. The summed E-state index contributed by atoms with van der Waals surface area (Å²) in [7, 11) is -1.79. The second kappa shape index (κ2) is 12.4. The highest BCUT2D eigenvalue weighted by Gasteiger charge is 2.15. The summed E-state index contributed by atoms with van der Waals surface area (Å²) in [5.41, 5.74) is 2.17. The third-order valence-electron chi connectivity index (χ3n) is 3.88. The number of hydrogen-bond donors (Lipinski definition) is 3. The molecule has 10 heteroatoms. The van der Waals surface area contributed by atoms with Crippen LogP contribution in [0, 0.1) is 13.8 Å². The molecule has 2 aromatic rings. The zero-order valence-corrected chi connectivity index (χ0v) is 21.1. The Hall–Kier alpha value is -1.37. The first-order valence-corrected chi connectivity index (χ1v) is 11.4. The van der Waals surface area contributed by atoms with E-state index >= 15 is 0 Å². The molecule has 0 saturated carbocycles. The van der Waals surface area contributed by atoms with Crippen LogP contribution in [0.3, 0.4) is 0 Å². The molecule has 0 unspecified atom stereocenters. The molecule has 0 bridgehead atoms. The molecule has 162 valence electrons. The molecular formula is C19H29IN4O3S2. The van der Waals surface area contributed by atoms with E-state index in [2.05, 4.69) is 20.3 Å². The Balaban J connectivity index is 0.00000420. The molecule has 1 aromatic heterocycles. The topological polar surface area (TPSA) is 91.8 Å². The SMILES string of the molecule is CCOc1cc(C)ccc1CNC(=NC)NCCNS(=O)(=O)c1ccc(C)s1.I. The Morgan fingerprint density at radius 1 is 1.14 bits per heavy atom. The van der Waals surface area contributed by atoms with E-state index in [-0.39, 0.29) is 30.5 Å². The molecule has 0 aliphatic heterocycles. The number of nitrogens with one attached hydrogen (secondary N) is 3. The van der Waals surface area contributed by atoms with Crippen molar-refractivity contribution in [2.75, 3.05) is 26.7 Å². The van der Waals surface area contributed by atoms with Gasteiger partial charge in [-0.15, -0.1) is 35.3 Å². The van der Waals surface area contributed by atoms with E-state index in [1.807, 2.05) is 39.0 Å². The summed E-state index contributed by atoms with van der Waals surface area (Å²) in [6.07, 6.45) is 0. The van der Waals surface area contributed by atoms with E-state index in [9.17, 15) is 8.42 Å². The first-order valence-electron chi connectivity index (χ1n) is 9.08. The minimum absolute atomic E-state index is 0. The zero-order chi connectivity index (χ0) is 20.6. The summed E-state index contributed by atoms with van der Waals surface area (Å²) in [4.78, 5) is 5.13. The van der Waals surface area contributed by atoms with Crippen LogP contribution in [0.1, 0.15) is 22.9 Å². The quantitative estimate of drug-likeness (QED) is 0.193.